The van der Waals surface area contributed by atoms with Crippen molar-refractivity contribution in [3.05, 3.63) is 35.9 Å². The molecule has 0 radical (unpaired) electrons. The van der Waals surface area contributed by atoms with Crippen molar-refractivity contribution < 1.29 is 4.79 Å². The molecule has 0 saturated heterocycles. The summed E-state index contributed by atoms with van der Waals surface area (Å²) in [6.45, 7) is 0. The molecule has 1 N–H and O–H groups in total. The lowest BCUT2D eigenvalue weighted by Crippen LogP contribution is -2.20. The van der Waals surface area contributed by atoms with Gasteiger partial charge in [-0.2, -0.15) is 0 Å². The van der Waals surface area contributed by atoms with Crippen LogP contribution in [0.15, 0.2) is 30.3 Å². The van der Waals surface area contributed by atoms with Gasteiger partial charge in [0.1, 0.15) is 0 Å². The zero-order valence-corrected chi connectivity index (χ0v) is 8.04. The maximum atomic E-state index is 11.1. The summed E-state index contributed by atoms with van der Waals surface area (Å²) in [5.41, 5.74) is 0.712. The SMILES string of the molecule is O=C(NCI)c1ccccc1. The number of hydrogen-bond acceptors (Lipinski definition) is 1. The Bertz CT molecular complexity index is 235. The highest BCUT2D eigenvalue weighted by Crippen LogP contribution is 1.97. The van der Waals surface area contributed by atoms with Crippen LogP contribution in [0, 0.1) is 0 Å². The molecule has 0 aliphatic heterocycles. The van der Waals surface area contributed by atoms with Gasteiger partial charge in [0.25, 0.3) is 5.91 Å². The van der Waals surface area contributed by atoms with Crippen molar-refractivity contribution in [2.45, 2.75) is 0 Å². The Balaban J connectivity index is 2.69. The third-order valence-electron chi connectivity index (χ3n) is 1.26. The summed E-state index contributed by atoms with van der Waals surface area (Å²) in [5.74, 6) is -0.0139. The van der Waals surface area contributed by atoms with Gasteiger partial charge in [-0.25, -0.2) is 0 Å². The number of nitrogens with one attached hydrogen (secondary N) is 1. The van der Waals surface area contributed by atoms with E-state index in [1.165, 1.54) is 0 Å². The van der Waals surface area contributed by atoms with Crippen LogP contribution in [0.1, 0.15) is 10.4 Å². The second-order valence-electron chi connectivity index (χ2n) is 2.01. The topological polar surface area (TPSA) is 29.1 Å². The first-order valence-corrected chi connectivity index (χ1v) is 4.76. The van der Waals surface area contributed by atoms with Crippen LogP contribution in [0.25, 0.3) is 0 Å². The molecule has 58 valence electrons. The van der Waals surface area contributed by atoms with Crippen LogP contribution >= 0.6 is 22.6 Å². The molecule has 0 aliphatic rings. The summed E-state index contributed by atoms with van der Waals surface area (Å²) in [4.78, 5) is 11.1. The van der Waals surface area contributed by atoms with Gasteiger partial charge in [0.2, 0.25) is 0 Å². The number of alkyl halides is 1. The van der Waals surface area contributed by atoms with Crippen molar-refractivity contribution in [1.82, 2.24) is 5.32 Å². The molecule has 1 rings (SSSR count). The monoisotopic (exact) mass is 261 g/mol. The maximum absolute atomic E-state index is 11.1. The van der Waals surface area contributed by atoms with Gasteiger partial charge in [-0.1, -0.05) is 40.8 Å². The Morgan fingerprint density at radius 3 is 2.55 bits per heavy atom. The maximum Gasteiger partial charge on any atom is 0.251 e. The summed E-state index contributed by atoms with van der Waals surface area (Å²) in [7, 11) is 0. The molecule has 0 saturated carbocycles. The number of rotatable bonds is 2. The lowest BCUT2D eigenvalue weighted by Gasteiger charge is -1.98. The van der Waals surface area contributed by atoms with Gasteiger partial charge in [0, 0.05) is 5.56 Å². The smallest absolute Gasteiger partial charge is 0.251 e. The molecule has 3 heteroatoms. The molecule has 11 heavy (non-hydrogen) atoms. The number of benzene rings is 1. The van der Waals surface area contributed by atoms with Gasteiger partial charge in [0.05, 0.1) is 4.55 Å². The molecule has 0 heterocycles. The first kappa shape index (κ1) is 8.52. The van der Waals surface area contributed by atoms with Gasteiger partial charge in [-0.3, -0.25) is 4.79 Å². The second kappa shape index (κ2) is 4.33. The summed E-state index contributed by atoms with van der Waals surface area (Å²) in [6, 6.07) is 9.17. The van der Waals surface area contributed by atoms with Crippen molar-refractivity contribution >= 4 is 28.5 Å². The standard InChI is InChI=1S/C8H8INO/c9-6-10-8(11)7-4-2-1-3-5-7/h1-5H,6H2,(H,10,11). The van der Waals surface area contributed by atoms with E-state index in [9.17, 15) is 4.79 Å². The Hall–Kier alpha value is -0.580. The molecule has 0 aromatic heterocycles. The summed E-state index contributed by atoms with van der Waals surface area (Å²) in [5, 5.41) is 2.71. The van der Waals surface area contributed by atoms with E-state index in [0.29, 0.717) is 10.1 Å². The zero-order valence-electron chi connectivity index (χ0n) is 5.88. The van der Waals surface area contributed by atoms with E-state index < -0.39 is 0 Å². The van der Waals surface area contributed by atoms with Crippen molar-refractivity contribution in [1.29, 1.82) is 0 Å². The van der Waals surface area contributed by atoms with Crippen molar-refractivity contribution in [2.75, 3.05) is 4.55 Å². The molecule has 2 nitrogen and oxygen atoms in total. The number of amides is 1. The molecule has 1 amide bonds. The molecule has 0 spiro atoms. The van der Waals surface area contributed by atoms with E-state index >= 15 is 0 Å². The van der Waals surface area contributed by atoms with Crippen molar-refractivity contribution in [3.8, 4) is 0 Å². The number of hydrogen-bond donors (Lipinski definition) is 1. The predicted molar refractivity (Wildman–Crippen MR) is 52.8 cm³/mol. The van der Waals surface area contributed by atoms with Crippen molar-refractivity contribution in [2.24, 2.45) is 0 Å². The van der Waals surface area contributed by atoms with Crippen LogP contribution in [-0.2, 0) is 0 Å². The van der Waals surface area contributed by atoms with Crippen LogP contribution in [-0.4, -0.2) is 10.5 Å². The highest BCUT2D eigenvalue weighted by Gasteiger charge is 2.00. The fraction of sp³-hybridized carbons (Fsp3) is 0.125. The minimum atomic E-state index is -0.0139. The van der Waals surface area contributed by atoms with Crippen LogP contribution < -0.4 is 5.32 Å². The largest absolute Gasteiger partial charge is 0.343 e. The van der Waals surface area contributed by atoms with E-state index in [-0.39, 0.29) is 5.91 Å². The highest BCUT2D eigenvalue weighted by molar-refractivity contribution is 14.1. The first-order valence-electron chi connectivity index (χ1n) is 3.24. The lowest BCUT2D eigenvalue weighted by molar-refractivity contribution is 0.0962. The minimum Gasteiger partial charge on any atom is -0.343 e. The Morgan fingerprint density at radius 2 is 2.00 bits per heavy atom. The van der Waals surface area contributed by atoms with E-state index in [0.717, 1.165) is 0 Å². The predicted octanol–water partition coefficient (Wildman–Crippen LogP) is 1.81. The molecule has 1 aromatic rings. The van der Waals surface area contributed by atoms with E-state index in [1.54, 1.807) is 12.1 Å². The molecule has 0 aliphatic carbocycles. The molecule has 0 fully saturated rings. The average Bonchev–Trinajstić information content (AvgIpc) is 2.07. The number of halogens is 1. The quantitative estimate of drug-likeness (QED) is 0.491. The Labute approximate surface area is 79.1 Å². The van der Waals surface area contributed by atoms with Gasteiger partial charge in [-0.05, 0) is 12.1 Å². The van der Waals surface area contributed by atoms with Crippen molar-refractivity contribution in [3.63, 3.8) is 0 Å². The van der Waals surface area contributed by atoms with Crippen LogP contribution in [0.4, 0.5) is 0 Å². The van der Waals surface area contributed by atoms with Crippen LogP contribution in [0.3, 0.4) is 0 Å². The number of carbonyl (C=O) groups excluding carboxylic acids is 1. The molecular weight excluding hydrogens is 253 g/mol. The van der Waals surface area contributed by atoms with Gasteiger partial charge < -0.3 is 5.32 Å². The highest BCUT2D eigenvalue weighted by atomic mass is 127. The normalized spacial score (nSPS) is 9.18. The fourth-order valence-corrected chi connectivity index (χ4v) is 1.10. The molecule has 0 bridgehead atoms. The minimum absolute atomic E-state index is 0.0139. The molecule has 0 unspecified atom stereocenters. The first-order chi connectivity index (χ1) is 5.34. The average molecular weight is 261 g/mol. The second-order valence-corrected chi connectivity index (χ2v) is 2.77. The van der Waals surface area contributed by atoms with E-state index in [2.05, 4.69) is 27.9 Å². The van der Waals surface area contributed by atoms with Gasteiger partial charge >= 0.3 is 0 Å². The van der Waals surface area contributed by atoms with Crippen LogP contribution in [0.2, 0.25) is 0 Å². The summed E-state index contributed by atoms with van der Waals surface area (Å²) in [6.07, 6.45) is 0. The fourth-order valence-electron chi connectivity index (χ4n) is 0.752. The summed E-state index contributed by atoms with van der Waals surface area (Å²) < 4.78 is 0.644. The van der Waals surface area contributed by atoms with Gasteiger partial charge in [-0.15, -0.1) is 0 Å². The molecule has 1 aromatic carbocycles. The third kappa shape index (κ3) is 2.49. The lowest BCUT2D eigenvalue weighted by atomic mass is 10.2. The zero-order chi connectivity index (χ0) is 8.10. The van der Waals surface area contributed by atoms with Crippen LogP contribution in [0.5, 0.6) is 0 Å². The third-order valence-corrected chi connectivity index (χ3v) is 1.64. The molecular formula is C8H8INO. The Kier molecular flexibility index (Phi) is 3.35. The summed E-state index contributed by atoms with van der Waals surface area (Å²) >= 11 is 2.10. The van der Waals surface area contributed by atoms with Gasteiger partial charge in [0.15, 0.2) is 0 Å². The number of carbonyl (C=O) groups is 1. The Morgan fingerprint density at radius 1 is 1.36 bits per heavy atom. The van der Waals surface area contributed by atoms with E-state index in [4.69, 9.17) is 0 Å². The molecule has 0 atom stereocenters. The van der Waals surface area contributed by atoms with E-state index in [1.807, 2.05) is 18.2 Å².